The Morgan fingerprint density at radius 1 is 1.27 bits per heavy atom. The number of benzene rings is 1. The molecule has 2 aromatic heterocycles. The topological polar surface area (TPSA) is 58.5 Å². The predicted molar refractivity (Wildman–Crippen MR) is 129 cm³/mol. The Labute approximate surface area is 186 Å². The Morgan fingerprint density at radius 3 is 2.60 bits per heavy atom. The lowest BCUT2D eigenvalue weighted by Gasteiger charge is -2.09. The molecule has 7 heteroatoms. The summed E-state index contributed by atoms with van der Waals surface area (Å²) in [7, 11) is 5.81. The SMILES string of the molecule is C/C=C(\C=N/C)c1cnc(CC)c2nc(SC(=O)c3ccc(CN(C)C)cc3)sc12. The summed E-state index contributed by atoms with van der Waals surface area (Å²) in [5.41, 5.74) is 5.69. The van der Waals surface area contributed by atoms with Gasteiger partial charge in [-0.3, -0.25) is 14.8 Å². The Balaban J connectivity index is 1.92. The van der Waals surface area contributed by atoms with Gasteiger partial charge in [0.15, 0.2) is 4.34 Å². The molecule has 0 amide bonds. The van der Waals surface area contributed by atoms with Crippen molar-refractivity contribution >= 4 is 50.2 Å². The van der Waals surface area contributed by atoms with Gasteiger partial charge in [-0.25, -0.2) is 4.98 Å². The molecule has 3 rings (SSSR count). The summed E-state index contributed by atoms with van der Waals surface area (Å²) >= 11 is 2.72. The first kappa shape index (κ1) is 22.3. The van der Waals surface area contributed by atoms with E-state index < -0.39 is 0 Å². The molecule has 0 spiro atoms. The second kappa shape index (κ2) is 10.1. The molecule has 30 heavy (non-hydrogen) atoms. The molecule has 156 valence electrons. The number of carbonyl (C=O) groups excluding carboxylic acids is 1. The Morgan fingerprint density at radius 2 is 2.00 bits per heavy atom. The number of rotatable bonds is 7. The lowest BCUT2D eigenvalue weighted by Crippen LogP contribution is -2.10. The van der Waals surface area contributed by atoms with Gasteiger partial charge in [0.2, 0.25) is 5.12 Å². The standard InChI is InChI=1S/C23H26N4OS2/c1-6-16(12-24-3)18-13-25-19(7-2)20-21(18)29-23(26-20)30-22(28)17-10-8-15(9-11-17)14-27(4)5/h6,8-13H,7,14H2,1-5H3/b16-6+,24-12-. The van der Waals surface area contributed by atoms with Crippen molar-refractivity contribution in [2.45, 2.75) is 31.2 Å². The summed E-state index contributed by atoms with van der Waals surface area (Å²) in [6.45, 7) is 4.90. The van der Waals surface area contributed by atoms with E-state index in [1.54, 1.807) is 7.05 Å². The Kier molecular flexibility index (Phi) is 7.53. The molecule has 0 unspecified atom stereocenters. The second-order valence-electron chi connectivity index (χ2n) is 7.09. The number of thioether (sulfide) groups is 1. The smallest absolute Gasteiger partial charge is 0.226 e. The number of aryl methyl sites for hydroxylation is 1. The minimum atomic E-state index is -0.000561. The molecule has 0 aliphatic carbocycles. The van der Waals surface area contributed by atoms with Crippen LogP contribution >= 0.6 is 23.1 Å². The quantitative estimate of drug-likeness (QED) is 0.367. The van der Waals surface area contributed by atoms with Crippen LogP contribution in [0.5, 0.6) is 0 Å². The third kappa shape index (κ3) is 5.03. The maximum Gasteiger partial charge on any atom is 0.226 e. The predicted octanol–water partition coefficient (Wildman–Crippen LogP) is 5.35. The van der Waals surface area contributed by atoms with Gasteiger partial charge < -0.3 is 4.90 Å². The van der Waals surface area contributed by atoms with Crippen LogP contribution < -0.4 is 0 Å². The van der Waals surface area contributed by atoms with Gasteiger partial charge in [0.1, 0.15) is 5.52 Å². The number of fused-ring (bicyclic) bond motifs is 1. The lowest BCUT2D eigenvalue weighted by molar-refractivity contribution is 0.108. The molecule has 0 saturated heterocycles. The van der Waals surface area contributed by atoms with E-state index in [4.69, 9.17) is 4.98 Å². The van der Waals surface area contributed by atoms with E-state index in [9.17, 15) is 4.79 Å². The summed E-state index contributed by atoms with van der Waals surface area (Å²) in [6.07, 6.45) is 6.52. The van der Waals surface area contributed by atoms with Gasteiger partial charge >= 0.3 is 0 Å². The number of thiazole rings is 1. The van der Waals surface area contributed by atoms with Gasteiger partial charge in [0.25, 0.3) is 0 Å². The van der Waals surface area contributed by atoms with Gasteiger partial charge in [-0.05, 0) is 50.3 Å². The van der Waals surface area contributed by atoms with Crippen molar-refractivity contribution < 1.29 is 4.79 Å². The molecule has 0 fully saturated rings. The highest BCUT2D eigenvalue weighted by Gasteiger charge is 2.18. The zero-order valence-corrected chi connectivity index (χ0v) is 19.6. The van der Waals surface area contributed by atoms with Crippen LogP contribution in [0, 0.1) is 0 Å². The molecule has 0 saturated carbocycles. The summed E-state index contributed by atoms with van der Waals surface area (Å²) in [5, 5.41) is -0.000561. The van der Waals surface area contributed by atoms with Crippen molar-refractivity contribution in [2.75, 3.05) is 21.1 Å². The number of aromatic nitrogens is 2. The third-order valence-electron chi connectivity index (χ3n) is 4.57. The van der Waals surface area contributed by atoms with Crippen molar-refractivity contribution in [3.63, 3.8) is 0 Å². The lowest BCUT2D eigenvalue weighted by atomic mass is 10.1. The van der Waals surface area contributed by atoms with Gasteiger partial charge in [-0.15, -0.1) is 11.3 Å². The zero-order valence-electron chi connectivity index (χ0n) is 18.0. The van der Waals surface area contributed by atoms with E-state index in [0.717, 1.165) is 44.4 Å². The summed E-state index contributed by atoms with van der Waals surface area (Å²) in [4.78, 5) is 28.5. The molecule has 5 nitrogen and oxygen atoms in total. The number of pyridine rings is 1. The second-order valence-corrected chi connectivity index (χ2v) is 9.30. The number of aliphatic imine (C=N–C) groups is 1. The average molecular weight is 439 g/mol. The molecule has 0 atom stereocenters. The van der Waals surface area contributed by atoms with Gasteiger partial charge in [0, 0.05) is 37.1 Å². The van der Waals surface area contributed by atoms with E-state index in [1.807, 2.05) is 63.8 Å². The maximum absolute atomic E-state index is 12.8. The fourth-order valence-electron chi connectivity index (χ4n) is 3.14. The fourth-order valence-corrected chi connectivity index (χ4v) is 5.18. The van der Waals surface area contributed by atoms with E-state index in [1.165, 1.54) is 28.7 Å². The molecular formula is C23H26N4OS2. The minimum Gasteiger partial charge on any atom is -0.305 e. The zero-order chi connectivity index (χ0) is 21.7. The van der Waals surface area contributed by atoms with Crippen LogP contribution in [0.2, 0.25) is 0 Å². The number of hydrogen-bond acceptors (Lipinski definition) is 7. The van der Waals surface area contributed by atoms with Crippen LogP contribution in [0.4, 0.5) is 0 Å². The van der Waals surface area contributed by atoms with Gasteiger partial charge in [-0.2, -0.15) is 0 Å². The highest BCUT2D eigenvalue weighted by Crippen LogP contribution is 2.36. The molecule has 0 bridgehead atoms. The van der Waals surface area contributed by atoms with Gasteiger partial charge in [-0.1, -0.05) is 37.3 Å². The van der Waals surface area contributed by atoms with E-state index >= 15 is 0 Å². The molecule has 1 aromatic carbocycles. The molecule has 3 aromatic rings. The van der Waals surface area contributed by atoms with Crippen molar-refractivity contribution in [3.8, 4) is 0 Å². The van der Waals surface area contributed by atoms with Crippen molar-refractivity contribution in [2.24, 2.45) is 4.99 Å². The van der Waals surface area contributed by atoms with Crippen molar-refractivity contribution in [3.05, 3.63) is 58.9 Å². The molecule has 0 aliphatic heterocycles. The maximum atomic E-state index is 12.8. The first-order valence-corrected chi connectivity index (χ1v) is 11.4. The Bertz CT molecular complexity index is 1100. The molecule has 0 N–H and O–H groups in total. The van der Waals surface area contributed by atoms with E-state index in [0.29, 0.717) is 5.56 Å². The summed E-state index contributed by atoms with van der Waals surface area (Å²) in [5.74, 6) is 0. The first-order valence-electron chi connectivity index (χ1n) is 9.79. The first-order chi connectivity index (χ1) is 14.5. The molecule has 2 heterocycles. The third-order valence-corrected chi connectivity index (χ3v) is 6.64. The summed E-state index contributed by atoms with van der Waals surface area (Å²) < 4.78 is 1.78. The largest absolute Gasteiger partial charge is 0.305 e. The molecular weight excluding hydrogens is 412 g/mol. The van der Waals surface area contributed by atoms with Crippen LogP contribution in [-0.2, 0) is 13.0 Å². The summed E-state index contributed by atoms with van der Waals surface area (Å²) in [6, 6.07) is 7.79. The molecule has 0 aliphatic rings. The van der Waals surface area contributed by atoms with Crippen LogP contribution in [-0.4, -0.2) is 47.3 Å². The highest BCUT2D eigenvalue weighted by atomic mass is 32.2. The van der Waals surface area contributed by atoms with Crippen LogP contribution in [0.1, 0.15) is 41.0 Å². The fraction of sp³-hybridized carbons (Fsp3) is 0.304. The van der Waals surface area contributed by atoms with Crippen LogP contribution in [0.15, 0.2) is 45.9 Å². The number of hydrogen-bond donors (Lipinski definition) is 0. The van der Waals surface area contributed by atoms with E-state index in [2.05, 4.69) is 21.8 Å². The van der Waals surface area contributed by atoms with Crippen LogP contribution in [0.3, 0.4) is 0 Å². The van der Waals surface area contributed by atoms with E-state index in [-0.39, 0.29) is 5.12 Å². The molecule has 0 radical (unpaired) electrons. The van der Waals surface area contributed by atoms with Crippen molar-refractivity contribution in [1.29, 1.82) is 0 Å². The normalized spacial score (nSPS) is 12.4. The highest BCUT2D eigenvalue weighted by molar-refractivity contribution is 8.15. The monoisotopic (exact) mass is 438 g/mol. The number of allylic oxidation sites excluding steroid dienone is 2. The van der Waals surface area contributed by atoms with Crippen molar-refractivity contribution in [1.82, 2.24) is 14.9 Å². The van der Waals surface area contributed by atoms with Crippen LogP contribution in [0.25, 0.3) is 15.8 Å². The Hall–Kier alpha value is -2.35. The number of carbonyl (C=O) groups is 1. The number of nitrogens with zero attached hydrogens (tertiary/aromatic N) is 4. The average Bonchev–Trinajstić information content (AvgIpc) is 3.15. The minimum absolute atomic E-state index is 0.000561. The van der Waals surface area contributed by atoms with Gasteiger partial charge in [0.05, 0.1) is 10.4 Å².